The van der Waals surface area contributed by atoms with Crippen LogP contribution in [0, 0.1) is 6.92 Å². The van der Waals surface area contributed by atoms with Crippen molar-refractivity contribution in [3.63, 3.8) is 0 Å². The molecule has 180 valence electrons. The first-order valence-corrected chi connectivity index (χ1v) is 13.6. The molecular formula is C28H40N2O2S. The van der Waals surface area contributed by atoms with Crippen molar-refractivity contribution in [2.75, 3.05) is 6.54 Å². The van der Waals surface area contributed by atoms with Gasteiger partial charge in [0.15, 0.2) is 0 Å². The number of carbonyl (C=O) groups is 2. The van der Waals surface area contributed by atoms with Crippen LogP contribution in [0.1, 0.15) is 87.1 Å². The normalized spacial score (nSPS) is 14.2. The summed E-state index contributed by atoms with van der Waals surface area (Å²) in [6.07, 6.45) is 10.5. The van der Waals surface area contributed by atoms with E-state index in [0.29, 0.717) is 19.5 Å². The second-order valence-electron chi connectivity index (χ2n) is 9.39. The van der Waals surface area contributed by atoms with Gasteiger partial charge in [0.25, 0.3) is 0 Å². The summed E-state index contributed by atoms with van der Waals surface area (Å²) in [6, 6.07) is 12.5. The molecule has 3 rings (SSSR count). The van der Waals surface area contributed by atoms with Gasteiger partial charge in [-0.25, -0.2) is 0 Å². The van der Waals surface area contributed by atoms with Crippen LogP contribution in [-0.2, 0) is 22.7 Å². The predicted octanol–water partition coefficient (Wildman–Crippen LogP) is 6.72. The number of aryl methyl sites for hydroxylation is 1. The summed E-state index contributed by atoms with van der Waals surface area (Å²) >= 11 is 1.70. The summed E-state index contributed by atoms with van der Waals surface area (Å²) in [5, 5.41) is 2.09. The maximum absolute atomic E-state index is 13.7. The highest BCUT2D eigenvalue weighted by molar-refractivity contribution is 7.10. The second-order valence-corrected chi connectivity index (χ2v) is 10.4. The maximum atomic E-state index is 13.7. The van der Waals surface area contributed by atoms with Gasteiger partial charge in [-0.15, -0.1) is 11.3 Å². The number of benzene rings is 1. The van der Waals surface area contributed by atoms with E-state index in [1.807, 2.05) is 28.0 Å². The molecule has 1 aliphatic carbocycles. The lowest BCUT2D eigenvalue weighted by atomic mass is 9.93. The summed E-state index contributed by atoms with van der Waals surface area (Å²) in [4.78, 5) is 32.0. The molecule has 33 heavy (non-hydrogen) atoms. The largest absolute Gasteiger partial charge is 0.332 e. The first-order valence-electron chi connectivity index (χ1n) is 12.7. The van der Waals surface area contributed by atoms with E-state index in [0.717, 1.165) is 50.5 Å². The molecule has 0 N–H and O–H groups in total. The van der Waals surface area contributed by atoms with Crippen molar-refractivity contribution in [2.24, 2.45) is 0 Å². The Balaban J connectivity index is 1.74. The van der Waals surface area contributed by atoms with E-state index in [-0.39, 0.29) is 24.4 Å². The van der Waals surface area contributed by atoms with Crippen LogP contribution in [0.15, 0.2) is 41.8 Å². The number of nitrogens with zero attached hydrogens (tertiary/aromatic N) is 2. The van der Waals surface area contributed by atoms with Crippen LogP contribution in [0.2, 0.25) is 0 Å². The second kappa shape index (κ2) is 13.5. The number of carbonyl (C=O) groups excluding carboxylic acids is 2. The molecule has 1 aromatic heterocycles. The highest BCUT2D eigenvalue weighted by atomic mass is 32.1. The van der Waals surface area contributed by atoms with E-state index in [1.54, 1.807) is 11.3 Å². The quantitative estimate of drug-likeness (QED) is 0.325. The third-order valence-electron chi connectivity index (χ3n) is 6.76. The van der Waals surface area contributed by atoms with Gasteiger partial charge in [-0.2, -0.15) is 0 Å². The van der Waals surface area contributed by atoms with Gasteiger partial charge in [0.2, 0.25) is 11.8 Å². The fraction of sp³-hybridized carbons (Fsp3) is 0.571. The predicted molar refractivity (Wildman–Crippen MR) is 137 cm³/mol. The van der Waals surface area contributed by atoms with Gasteiger partial charge in [0, 0.05) is 23.9 Å². The molecule has 0 saturated heterocycles. The van der Waals surface area contributed by atoms with Crippen LogP contribution in [0.5, 0.6) is 0 Å². The van der Waals surface area contributed by atoms with Crippen molar-refractivity contribution < 1.29 is 9.59 Å². The molecule has 1 aliphatic rings. The molecule has 0 aliphatic heterocycles. The van der Waals surface area contributed by atoms with Crippen LogP contribution in [0.3, 0.4) is 0 Å². The van der Waals surface area contributed by atoms with E-state index in [1.165, 1.54) is 23.3 Å². The van der Waals surface area contributed by atoms with E-state index in [4.69, 9.17) is 0 Å². The minimum atomic E-state index is 0.0548. The lowest BCUT2D eigenvalue weighted by molar-refractivity contribution is -0.143. The third kappa shape index (κ3) is 7.99. The number of rotatable bonds is 12. The summed E-state index contributed by atoms with van der Waals surface area (Å²) in [5.74, 6) is 0.220. The molecule has 1 saturated carbocycles. The van der Waals surface area contributed by atoms with Crippen molar-refractivity contribution in [1.82, 2.24) is 9.80 Å². The van der Waals surface area contributed by atoms with E-state index in [9.17, 15) is 9.59 Å². The van der Waals surface area contributed by atoms with Crippen LogP contribution in [0.25, 0.3) is 0 Å². The minimum Gasteiger partial charge on any atom is -0.332 e. The zero-order valence-corrected chi connectivity index (χ0v) is 21.2. The molecule has 1 heterocycles. The Hall–Kier alpha value is -2.14. The Morgan fingerprint density at radius 2 is 1.70 bits per heavy atom. The molecule has 1 aromatic carbocycles. The summed E-state index contributed by atoms with van der Waals surface area (Å²) < 4.78 is 0. The van der Waals surface area contributed by atoms with Gasteiger partial charge in [-0.1, -0.05) is 75.8 Å². The number of amides is 2. The van der Waals surface area contributed by atoms with Gasteiger partial charge < -0.3 is 9.80 Å². The highest BCUT2D eigenvalue weighted by Gasteiger charge is 2.29. The molecule has 5 heteroatoms. The average Bonchev–Trinajstić information content (AvgIpc) is 3.25. The van der Waals surface area contributed by atoms with Crippen molar-refractivity contribution in [1.29, 1.82) is 0 Å². The molecule has 4 nitrogen and oxygen atoms in total. The number of hydrogen-bond acceptors (Lipinski definition) is 3. The van der Waals surface area contributed by atoms with Crippen LogP contribution < -0.4 is 0 Å². The van der Waals surface area contributed by atoms with Gasteiger partial charge >= 0.3 is 0 Å². The first-order chi connectivity index (χ1) is 16.1. The Labute approximate surface area is 204 Å². The van der Waals surface area contributed by atoms with Crippen LogP contribution >= 0.6 is 11.3 Å². The molecule has 1 fully saturated rings. The molecule has 0 atom stereocenters. The van der Waals surface area contributed by atoms with Gasteiger partial charge in [-0.3, -0.25) is 9.59 Å². The van der Waals surface area contributed by atoms with Crippen molar-refractivity contribution in [3.05, 3.63) is 57.8 Å². The van der Waals surface area contributed by atoms with E-state index < -0.39 is 0 Å². The summed E-state index contributed by atoms with van der Waals surface area (Å²) in [7, 11) is 0. The number of thiophene rings is 1. The zero-order chi connectivity index (χ0) is 23.5. The molecule has 0 radical (unpaired) electrons. The number of unbranched alkanes of at least 4 members (excludes halogenated alkanes) is 3. The lowest BCUT2D eigenvalue weighted by Gasteiger charge is -2.35. The highest BCUT2D eigenvalue weighted by Crippen LogP contribution is 2.25. The zero-order valence-electron chi connectivity index (χ0n) is 20.4. The summed E-state index contributed by atoms with van der Waals surface area (Å²) in [5.41, 5.74) is 2.34. The standard InChI is InChI=1S/C28H40N2O2S/c1-3-4-5-12-17-27(31)30(25-15-10-7-11-16-25)22-28(32)29(20-24-13-8-6-9-14-24)21-26-23(2)18-19-33-26/h6,8-9,13-14,18-19,25H,3-5,7,10-12,15-17,20-22H2,1-2H3. The molecule has 0 unspecified atom stereocenters. The van der Waals surface area contributed by atoms with Gasteiger partial charge in [0.1, 0.15) is 6.54 Å². The third-order valence-corrected chi connectivity index (χ3v) is 7.76. The van der Waals surface area contributed by atoms with Crippen LogP contribution in [0.4, 0.5) is 0 Å². The first kappa shape index (κ1) is 25.5. The SMILES string of the molecule is CCCCCCC(=O)N(CC(=O)N(Cc1ccccc1)Cc1sccc1C)C1CCCCC1. The topological polar surface area (TPSA) is 40.6 Å². The molecule has 0 spiro atoms. The van der Waals surface area contributed by atoms with Crippen molar-refractivity contribution in [2.45, 2.75) is 97.2 Å². The van der Waals surface area contributed by atoms with E-state index >= 15 is 0 Å². The monoisotopic (exact) mass is 468 g/mol. The molecule has 0 bridgehead atoms. The van der Waals surface area contributed by atoms with E-state index in [2.05, 4.69) is 37.4 Å². The fourth-order valence-corrected chi connectivity index (χ4v) is 5.60. The lowest BCUT2D eigenvalue weighted by Crippen LogP contribution is -2.47. The maximum Gasteiger partial charge on any atom is 0.242 e. The molecule has 2 amide bonds. The van der Waals surface area contributed by atoms with Crippen LogP contribution in [-0.4, -0.2) is 34.2 Å². The minimum absolute atomic E-state index is 0.0548. The Morgan fingerprint density at radius 1 is 0.939 bits per heavy atom. The van der Waals surface area contributed by atoms with Crippen molar-refractivity contribution >= 4 is 23.2 Å². The Bertz CT molecular complexity index is 858. The Kier molecular flexibility index (Phi) is 10.5. The Morgan fingerprint density at radius 3 is 2.36 bits per heavy atom. The molecular weight excluding hydrogens is 428 g/mol. The molecule has 2 aromatic rings. The average molecular weight is 469 g/mol. The fourth-order valence-electron chi connectivity index (χ4n) is 4.68. The smallest absolute Gasteiger partial charge is 0.242 e. The van der Waals surface area contributed by atoms with Gasteiger partial charge in [-0.05, 0) is 48.8 Å². The summed E-state index contributed by atoms with van der Waals surface area (Å²) in [6.45, 7) is 5.66. The van der Waals surface area contributed by atoms with Gasteiger partial charge in [0.05, 0.1) is 6.54 Å². The number of hydrogen-bond donors (Lipinski definition) is 0. The van der Waals surface area contributed by atoms with Crippen molar-refractivity contribution in [3.8, 4) is 0 Å².